The Balaban J connectivity index is 3.12. The van der Waals surface area contributed by atoms with Gasteiger partial charge < -0.3 is 14.8 Å². The fraction of sp³-hybridized carbons (Fsp3) is 0.188. The molecular formula is C16H17NO5. The number of hydrogen-bond acceptors (Lipinski definition) is 5. The number of amides is 1. The van der Waals surface area contributed by atoms with Crippen LogP contribution in [0.1, 0.15) is 18.1 Å². The Kier molecular flexibility index (Phi) is 6.56. The maximum Gasteiger partial charge on any atom is 0.330 e. The number of nitrogens with one attached hydrogen (secondary N) is 1. The summed E-state index contributed by atoms with van der Waals surface area (Å²) >= 11 is 0. The molecule has 0 heterocycles. The van der Waals surface area contributed by atoms with Gasteiger partial charge in [0.05, 0.1) is 14.2 Å². The molecule has 0 bridgehead atoms. The van der Waals surface area contributed by atoms with Gasteiger partial charge in [-0.3, -0.25) is 4.79 Å². The molecule has 1 rings (SSSR count). The van der Waals surface area contributed by atoms with E-state index in [2.05, 4.69) is 14.8 Å². The van der Waals surface area contributed by atoms with E-state index < -0.39 is 11.9 Å². The Hall–Kier alpha value is -2.89. The first-order valence-corrected chi connectivity index (χ1v) is 6.40. The van der Waals surface area contributed by atoms with Crippen molar-refractivity contribution in [3.63, 3.8) is 0 Å². The van der Waals surface area contributed by atoms with Gasteiger partial charge in [-0.25, -0.2) is 9.59 Å². The summed E-state index contributed by atoms with van der Waals surface area (Å²) in [5, 5.41) is 2.66. The fourth-order valence-electron chi connectivity index (χ4n) is 1.58. The largest absolute Gasteiger partial charge is 0.466 e. The third kappa shape index (κ3) is 5.62. The zero-order valence-electron chi connectivity index (χ0n) is 12.6. The van der Waals surface area contributed by atoms with Crippen LogP contribution in [0.5, 0.6) is 0 Å². The van der Waals surface area contributed by atoms with Crippen molar-refractivity contribution in [2.24, 2.45) is 0 Å². The van der Waals surface area contributed by atoms with Crippen LogP contribution in [0.3, 0.4) is 0 Å². The van der Waals surface area contributed by atoms with Gasteiger partial charge in [-0.15, -0.1) is 0 Å². The zero-order chi connectivity index (χ0) is 16.5. The Bertz CT molecular complexity index is 631. The fourth-order valence-corrected chi connectivity index (χ4v) is 1.58. The van der Waals surface area contributed by atoms with Gasteiger partial charge in [0.25, 0.3) is 0 Å². The minimum absolute atomic E-state index is 0.231. The Morgan fingerprint density at radius 2 is 1.59 bits per heavy atom. The summed E-state index contributed by atoms with van der Waals surface area (Å²) in [5.41, 5.74) is 1.86. The molecule has 0 saturated heterocycles. The molecule has 0 radical (unpaired) electrons. The molecular weight excluding hydrogens is 286 g/mol. The maximum atomic E-state index is 11.2. The highest BCUT2D eigenvalue weighted by Gasteiger charge is 2.04. The number of anilines is 1. The van der Waals surface area contributed by atoms with Crippen LogP contribution in [0, 0.1) is 0 Å². The SMILES string of the molecule is COC(=O)C=Cc1ccc(NC(C)=O)c(C=CC(=O)OC)c1. The molecule has 6 nitrogen and oxygen atoms in total. The number of ether oxygens (including phenoxy) is 2. The normalized spacial score (nSPS) is 10.7. The maximum absolute atomic E-state index is 11.2. The first-order chi connectivity index (χ1) is 10.5. The molecule has 0 aliphatic carbocycles. The van der Waals surface area contributed by atoms with Crippen molar-refractivity contribution in [3.8, 4) is 0 Å². The van der Waals surface area contributed by atoms with Crippen molar-refractivity contribution < 1.29 is 23.9 Å². The van der Waals surface area contributed by atoms with Crippen LogP contribution in [-0.4, -0.2) is 32.1 Å². The number of carbonyl (C=O) groups excluding carboxylic acids is 3. The van der Waals surface area contributed by atoms with E-state index in [1.807, 2.05) is 0 Å². The molecule has 0 spiro atoms. The highest BCUT2D eigenvalue weighted by Crippen LogP contribution is 2.20. The van der Waals surface area contributed by atoms with E-state index in [-0.39, 0.29) is 5.91 Å². The summed E-state index contributed by atoms with van der Waals surface area (Å²) < 4.78 is 9.04. The van der Waals surface area contributed by atoms with Gasteiger partial charge in [0.2, 0.25) is 5.91 Å². The predicted molar refractivity (Wildman–Crippen MR) is 82.8 cm³/mol. The first-order valence-electron chi connectivity index (χ1n) is 6.40. The minimum Gasteiger partial charge on any atom is -0.466 e. The second kappa shape index (κ2) is 8.41. The lowest BCUT2D eigenvalue weighted by molar-refractivity contribution is -0.135. The summed E-state index contributed by atoms with van der Waals surface area (Å²) in [5.74, 6) is -1.22. The monoisotopic (exact) mass is 303 g/mol. The molecule has 1 aromatic rings. The third-order valence-electron chi connectivity index (χ3n) is 2.60. The average Bonchev–Trinajstić information content (AvgIpc) is 2.51. The smallest absolute Gasteiger partial charge is 0.330 e. The van der Waals surface area contributed by atoms with Crippen molar-refractivity contribution in [2.45, 2.75) is 6.92 Å². The molecule has 0 aliphatic heterocycles. The molecule has 0 saturated carbocycles. The summed E-state index contributed by atoms with van der Waals surface area (Å²) in [7, 11) is 2.56. The molecule has 1 N–H and O–H groups in total. The summed E-state index contributed by atoms with van der Waals surface area (Å²) in [6, 6.07) is 5.11. The highest BCUT2D eigenvalue weighted by atomic mass is 16.5. The van der Waals surface area contributed by atoms with Gasteiger partial charge in [0.1, 0.15) is 0 Å². The Morgan fingerprint density at radius 3 is 2.14 bits per heavy atom. The number of methoxy groups -OCH3 is 2. The molecule has 0 aliphatic rings. The lowest BCUT2D eigenvalue weighted by atomic mass is 10.1. The third-order valence-corrected chi connectivity index (χ3v) is 2.60. The van der Waals surface area contributed by atoms with Crippen molar-refractivity contribution in [3.05, 3.63) is 41.5 Å². The van der Waals surface area contributed by atoms with E-state index in [4.69, 9.17) is 0 Å². The van der Waals surface area contributed by atoms with Crippen LogP contribution >= 0.6 is 0 Å². The lowest BCUT2D eigenvalue weighted by Crippen LogP contribution is -2.07. The van der Waals surface area contributed by atoms with Crippen LogP contribution in [0.25, 0.3) is 12.2 Å². The van der Waals surface area contributed by atoms with E-state index in [0.717, 1.165) is 0 Å². The molecule has 0 unspecified atom stereocenters. The molecule has 22 heavy (non-hydrogen) atoms. The summed E-state index contributed by atoms with van der Waals surface area (Å²) in [6.07, 6.45) is 5.61. The van der Waals surface area contributed by atoms with E-state index in [0.29, 0.717) is 16.8 Å². The Morgan fingerprint density at radius 1 is 1.00 bits per heavy atom. The van der Waals surface area contributed by atoms with Gasteiger partial charge in [0.15, 0.2) is 0 Å². The lowest BCUT2D eigenvalue weighted by Gasteiger charge is -2.08. The quantitative estimate of drug-likeness (QED) is 0.664. The number of hydrogen-bond donors (Lipinski definition) is 1. The van der Waals surface area contributed by atoms with E-state index >= 15 is 0 Å². The molecule has 0 aromatic heterocycles. The standard InChI is InChI=1S/C16H17NO5/c1-11(18)17-14-7-4-12(5-8-15(19)21-2)10-13(14)6-9-16(20)22-3/h4-10H,1-3H3,(H,17,18). The van der Waals surface area contributed by atoms with Crippen LogP contribution in [0.4, 0.5) is 5.69 Å². The second-order valence-corrected chi connectivity index (χ2v) is 4.24. The molecule has 1 aromatic carbocycles. The summed E-state index contributed by atoms with van der Waals surface area (Å²) in [4.78, 5) is 33.5. The van der Waals surface area contributed by atoms with Gasteiger partial charge in [-0.2, -0.15) is 0 Å². The minimum atomic E-state index is -0.510. The molecule has 0 atom stereocenters. The van der Waals surface area contributed by atoms with Crippen LogP contribution in [-0.2, 0) is 23.9 Å². The van der Waals surface area contributed by atoms with Gasteiger partial charge in [-0.05, 0) is 35.4 Å². The van der Waals surface area contributed by atoms with Crippen molar-refractivity contribution in [2.75, 3.05) is 19.5 Å². The predicted octanol–water partition coefficient (Wildman–Crippen LogP) is 2.02. The Labute approximate surface area is 128 Å². The van der Waals surface area contributed by atoms with Crippen molar-refractivity contribution >= 4 is 35.7 Å². The molecule has 6 heteroatoms. The van der Waals surface area contributed by atoms with E-state index in [1.54, 1.807) is 24.3 Å². The zero-order valence-corrected chi connectivity index (χ0v) is 12.6. The van der Waals surface area contributed by atoms with Crippen LogP contribution in [0.15, 0.2) is 30.4 Å². The molecule has 0 fully saturated rings. The van der Waals surface area contributed by atoms with Gasteiger partial charge in [0, 0.05) is 24.8 Å². The van der Waals surface area contributed by atoms with Gasteiger partial charge in [-0.1, -0.05) is 6.07 Å². The van der Waals surface area contributed by atoms with Crippen molar-refractivity contribution in [1.29, 1.82) is 0 Å². The number of rotatable bonds is 5. The summed E-state index contributed by atoms with van der Waals surface area (Å²) in [6.45, 7) is 1.39. The van der Waals surface area contributed by atoms with Crippen LogP contribution < -0.4 is 5.32 Å². The highest BCUT2D eigenvalue weighted by molar-refractivity contribution is 5.94. The van der Waals surface area contributed by atoms with E-state index in [1.165, 1.54) is 39.4 Å². The van der Waals surface area contributed by atoms with Crippen LogP contribution in [0.2, 0.25) is 0 Å². The topological polar surface area (TPSA) is 81.7 Å². The average molecular weight is 303 g/mol. The number of benzene rings is 1. The van der Waals surface area contributed by atoms with Crippen molar-refractivity contribution in [1.82, 2.24) is 0 Å². The number of carbonyl (C=O) groups is 3. The first kappa shape index (κ1) is 17.2. The second-order valence-electron chi connectivity index (χ2n) is 4.24. The molecule has 116 valence electrons. The molecule has 1 amide bonds. The van der Waals surface area contributed by atoms with Gasteiger partial charge >= 0.3 is 11.9 Å². The van der Waals surface area contributed by atoms with E-state index in [9.17, 15) is 14.4 Å². The number of esters is 2.